The molecule has 0 heterocycles. The van der Waals surface area contributed by atoms with Crippen molar-refractivity contribution in [3.63, 3.8) is 0 Å². The Labute approximate surface area is 123 Å². The summed E-state index contributed by atoms with van der Waals surface area (Å²) in [6, 6.07) is 5.52. The third-order valence-electron chi connectivity index (χ3n) is 3.48. The molecule has 0 unspecified atom stereocenters. The van der Waals surface area contributed by atoms with E-state index in [-0.39, 0.29) is 24.2 Å². The maximum Gasteiger partial charge on any atom is 0.243 e. The van der Waals surface area contributed by atoms with Gasteiger partial charge in [-0.1, -0.05) is 12.2 Å². The number of rotatable bonds is 5. The molecule has 4 nitrogen and oxygen atoms in total. The first kappa shape index (κ1) is 15.2. The van der Waals surface area contributed by atoms with Crippen molar-refractivity contribution in [1.29, 1.82) is 0 Å². The molecule has 0 bridgehead atoms. The first-order chi connectivity index (χ1) is 10.0. The topological polar surface area (TPSA) is 49.4 Å². The Morgan fingerprint density at radius 3 is 2.67 bits per heavy atom. The van der Waals surface area contributed by atoms with Crippen LogP contribution in [-0.4, -0.2) is 30.3 Å². The maximum atomic E-state index is 12.8. The van der Waals surface area contributed by atoms with Gasteiger partial charge in [-0.15, -0.1) is 0 Å². The van der Waals surface area contributed by atoms with Gasteiger partial charge in [-0.2, -0.15) is 0 Å². The Bertz CT molecular complexity index is 540. The number of carbonyl (C=O) groups is 2. The molecule has 2 amide bonds. The lowest BCUT2D eigenvalue weighted by atomic mass is 10.0. The highest BCUT2D eigenvalue weighted by Gasteiger charge is 2.18. The molecule has 0 radical (unpaired) electrons. The number of carbonyl (C=O) groups excluding carboxylic acids is 2. The number of hydrogen-bond acceptors (Lipinski definition) is 2. The molecular weight excluding hydrogens is 271 g/mol. The van der Waals surface area contributed by atoms with Crippen molar-refractivity contribution in [3.8, 4) is 0 Å². The van der Waals surface area contributed by atoms with Gasteiger partial charge in [-0.05, 0) is 43.0 Å². The van der Waals surface area contributed by atoms with Crippen LogP contribution in [0.2, 0.25) is 0 Å². The van der Waals surface area contributed by atoms with E-state index in [2.05, 4.69) is 17.5 Å². The van der Waals surface area contributed by atoms with E-state index in [1.807, 2.05) is 0 Å². The molecule has 0 saturated carbocycles. The van der Waals surface area contributed by atoms with Gasteiger partial charge < -0.3 is 10.2 Å². The van der Waals surface area contributed by atoms with Crippen LogP contribution in [0.1, 0.15) is 19.3 Å². The lowest BCUT2D eigenvalue weighted by molar-refractivity contribution is -0.133. The fraction of sp³-hybridized carbons (Fsp3) is 0.375. The summed E-state index contributed by atoms with van der Waals surface area (Å²) >= 11 is 0. The van der Waals surface area contributed by atoms with Crippen LogP contribution < -0.4 is 5.32 Å². The van der Waals surface area contributed by atoms with Crippen molar-refractivity contribution in [3.05, 3.63) is 42.2 Å². The zero-order valence-corrected chi connectivity index (χ0v) is 12.0. The van der Waals surface area contributed by atoms with Crippen LogP contribution in [0, 0.1) is 11.7 Å². The average Bonchev–Trinajstić information content (AvgIpc) is 2.94. The first-order valence-corrected chi connectivity index (χ1v) is 7.00. The fourth-order valence-electron chi connectivity index (χ4n) is 2.28. The summed E-state index contributed by atoms with van der Waals surface area (Å²) in [7, 11) is 1.62. The van der Waals surface area contributed by atoms with Gasteiger partial charge >= 0.3 is 0 Å². The average molecular weight is 290 g/mol. The van der Waals surface area contributed by atoms with Gasteiger partial charge in [0, 0.05) is 19.2 Å². The minimum atomic E-state index is -0.357. The van der Waals surface area contributed by atoms with Crippen LogP contribution >= 0.6 is 0 Å². The van der Waals surface area contributed by atoms with Crippen LogP contribution in [0.4, 0.5) is 10.1 Å². The minimum Gasteiger partial charge on any atom is -0.336 e. The van der Waals surface area contributed by atoms with Crippen molar-refractivity contribution < 1.29 is 14.0 Å². The Hall–Kier alpha value is -2.17. The quantitative estimate of drug-likeness (QED) is 0.847. The van der Waals surface area contributed by atoms with Crippen LogP contribution in [-0.2, 0) is 9.59 Å². The van der Waals surface area contributed by atoms with Crippen LogP contribution in [0.15, 0.2) is 36.4 Å². The molecule has 0 aromatic heterocycles. The lowest BCUT2D eigenvalue weighted by Crippen LogP contribution is -2.35. The second kappa shape index (κ2) is 7.02. The van der Waals surface area contributed by atoms with Gasteiger partial charge in [0.1, 0.15) is 5.82 Å². The Balaban J connectivity index is 1.79. The van der Waals surface area contributed by atoms with Crippen molar-refractivity contribution in [2.75, 3.05) is 18.9 Å². The number of amides is 2. The monoisotopic (exact) mass is 290 g/mol. The molecular formula is C16H19FN2O2. The van der Waals surface area contributed by atoms with E-state index in [0.717, 1.165) is 12.8 Å². The molecule has 0 aliphatic heterocycles. The Morgan fingerprint density at radius 1 is 1.33 bits per heavy atom. The zero-order valence-electron chi connectivity index (χ0n) is 12.0. The van der Waals surface area contributed by atoms with Crippen molar-refractivity contribution in [2.45, 2.75) is 19.3 Å². The maximum absolute atomic E-state index is 12.8. The Kier molecular flexibility index (Phi) is 5.09. The summed E-state index contributed by atoms with van der Waals surface area (Å²) in [6.07, 6.45) is 6.61. The van der Waals surface area contributed by atoms with E-state index < -0.39 is 0 Å². The predicted molar refractivity (Wildman–Crippen MR) is 79.1 cm³/mol. The largest absolute Gasteiger partial charge is 0.336 e. The number of allylic oxidation sites excluding steroid dienone is 2. The molecule has 21 heavy (non-hydrogen) atoms. The summed E-state index contributed by atoms with van der Waals surface area (Å²) in [5, 5.41) is 2.64. The van der Waals surface area contributed by atoms with E-state index in [1.54, 1.807) is 7.05 Å². The standard InChI is InChI=1S/C16H19FN2O2/c1-19(16(21)10-12-4-2-3-5-12)11-15(20)18-14-8-6-13(17)7-9-14/h2,4,6-9,12H,3,5,10-11H2,1H3,(H,18,20)/t12-/m0/s1. The molecule has 5 heteroatoms. The number of nitrogens with zero attached hydrogens (tertiary/aromatic N) is 1. The van der Waals surface area contributed by atoms with Gasteiger partial charge in [-0.3, -0.25) is 9.59 Å². The van der Waals surface area contributed by atoms with Gasteiger partial charge in [0.2, 0.25) is 11.8 Å². The van der Waals surface area contributed by atoms with Gasteiger partial charge in [-0.25, -0.2) is 4.39 Å². The van der Waals surface area contributed by atoms with Crippen LogP contribution in [0.25, 0.3) is 0 Å². The van der Waals surface area contributed by atoms with Crippen molar-refractivity contribution >= 4 is 17.5 Å². The number of hydrogen-bond donors (Lipinski definition) is 1. The van der Waals surface area contributed by atoms with Crippen molar-refractivity contribution in [1.82, 2.24) is 4.90 Å². The number of halogens is 1. The highest BCUT2D eigenvalue weighted by Crippen LogP contribution is 2.20. The summed E-state index contributed by atoms with van der Waals surface area (Å²) < 4.78 is 12.8. The smallest absolute Gasteiger partial charge is 0.243 e. The van der Waals surface area contributed by atoms with E-state index in [0.29, 0.717) is 18.0 Å². The number of anilines is 1. The molecule has 1 aromatic rings. The zero-order chi connectivity index (χ0) is 15.2. The number of nitrogens with one attached hydrogen (secondary N) is 1. The molecule has 1 N–H and O–H groups in total. The molecule has 1 aromatic carbocycles. The third kappa shape index (κ3) is 4.70. The summed E-state index contributed by atoms with van der Waals surface area (Å²) in [5.74, 6) is -0.398. The number of likely N-dealkylation sites (N-methyl/N-ethyl adjacent to an activating group) is 1. The minimum absolute atomic E-state index is 0.00730. The van der Waals surface area contributed by atoms with Crippen LogP contribution in [0.5, 0.6) is 0 Å². The van der Waals surface area contributed by atoms with Gasteiger partial charge in [0.15, 0.2) is 0 Å². The van der Waals surface area contributed by atoms with E-state index in [9.17, 15) is 14.0 Å². The van der Waals surface area contributed by atoms with E-state index in [4.69, 9.17) is 0 Å². The molecule has 1 aliphatic rings. The van der Waals surface area contributed by atoms with Crippen LogP contribution in [0.3, 0.4) is 0 Å². The predicted octanol–water partition coefficient (Wildman–Crippen LogP) is 2.58. The van der Waals surface area contributed by atoms with E-state index >= 15 is 0 Å². The number of benzene rings is 1. The second-order valence-electron chi connectivity index (χ2n) is 5.27. The normalized spacial score (nSPS) is 16.8. The molecule has 0 saturated heterocycles. The summed E-state index contributed by atoms with van der Waals surface area (Å²) in [4.78, 5) is 25.3. The summed E-state index contributed by atoms with van der Waals surface area (Å²) in [5.41, 5.74) is 0.515. The molecule has 0 spiro atoms. The highest BCUT2D eigenvalue weighted by atomic mass is 19.1. The lowest BCUT2D eigenvalue weighted by Gasteiger charge is -2.18. The molecule has 112 valence electrons. The summed E-state index contributed by atoms with van der Waals surface area (Å²) in [6.45, 7) is -0.00730. The Morgan fingerprint density at radius 2 is 2.05 bits per heavy atom. The molecule has 0 fully saturated rings. The van der Waals surface area contributed by atoms with Gasteiger partial charge in [0.25, 0.3) is 0 Å². The van der Waals surface area contributed by atoms with E-state index in [1.165, 1.54) is 29.2 Å². The van der Waals surface area contributed by atoms with Gasteiger partial charge in [0.05, 0.1) is 6.54 Å². The SMILES string of the molecule is CN(CC(=O)Nc1ccc(F)cc1)C(=O)C[C@H]1C=CCC1. The third-order valence-corrected chi connectivity index (χ3v) is 3.48. The first-order valence-electron chi connectivity index (χ1n) is 7.00. The van der Waals surface area contributed by atoms with Crippen molar-refractivity contribution in [2.24, 2.45) is 5.92 Å². The molecule has 1 aliphatic carbocycles. The highest BCUT2D eigenvalue weighted by molar-refractivity contribution is 5.94. The molecule has 1 atom stereocenters. The molecule has 2 rings (SSSR count). The fourth-order valence-corrected chi connectivity index (χ4v) is 2.28. The second-order valence-corrected chi connectivity index (χ2v) is 5.27.